The predicted octanol–water partition coefficient (Wildman–Crippen LogP) is 6.38. The highest BCUT2D eigenvalue weighted by atomic mass is 16.5. The smallest absolute Gasteiger partial charge is 0.244 e. The van der Waals surface area contributed by atoms with Crippen LogP contribution < -0.4 is 10.1 Å². The van der Waals surface area contributed by atoms with Crippen LogP contribution in [0.1, 0.15) is 18.1 Å². The highest BCUT2D eigenvalue weighted by Gasteiger charge is 2.16. The Labute approximate surface area is 197 Å². The maximum Gasteiger partial charge on any atom is 0.244 e. The maximum absolute atomic E-state index is 12.6. The first-order valence-electron chi connectivity index (χ1n) is 11.1. The second-order valence-electron chi connectivity index (χ2n) is 8.13. The van der Waals surface area contributed by atoms with Crippen LogP contribution in [0.5, 0.6) is 5.75 Å². The van der Waals surface area contributed by atoms with Crippen molar-refractivity contribution < 1.29 is 13.9 Å². The number of amides is 1. The lowest BCUT2D eigenvalue weighted by Crippen LogP contribution is -2.20. The molecule has 5 nitrogen and oxygen atoms in total. The van der Waals surface area contributed by atoms with Gasteiger partial charge in [-0.1, -0.05) is 42.5 Å². The van der Waals surface area contributed by atoms with E-state index in [4.69, 9.17) is 9.15 Å². The molecule has 2 aromatic heterocycles. The van der Waals surface area contributed by atoms with Gasteiger partial charge in [0.15, 0.2) is 0 Å². The average Bonchev–Trinajstić information content (AvgIpc) is 3.29. The Morgan fingerprint density at radius 3 is 2.62 bits per heavy atom. The van der Waals surface area contributed by atoms with Gasteiger partial charge in [-0.05, 0) is 52.6 Å². The van der Waals surface area contributed by atoms with Gasteiger partial charge in [-0.2, -0.15) is 0 Å². The van der Waals surface area contributed by atoms with Crippen molar-refractivity contribution >= 4 is 33.2 Å². The standard InChI is InChI=1S/C29H24N2O3/c1-19(14-29(32)31-17-20-10-12-30-13-11-20)24-15-25-26(18-34-28(25)16-27(24)33-2)23-9-5-7-21-6-3-4-8-22(21)23/h3-16,18H,17H2,1-2H3,(H,31,32)/b19-14+. The summed E-state index contributed by atoms with van der Waals surface area (Å²) in [5.74, 6) is 0.486. The van der Waals surface area contributed by atoms with Gasteiger partial charge in [0.1, 0.15) is 11.3 Å². The monoisotopic (exact) mass is 448 g/mol. The van der Waals surface area contributed by atoms with Crippen molar-refractivity contribution in [2.24, 2.45) is 0 Å². The van der Waals surface area contributed by atoms with Crippen LogP contribution in [0.25, 0.3) is 38.4 Å². The molecule has 1 N–H and O–H groups in total. The quantitative estimate of drug-likeness (QED) is 0.306. The number of nitrogens with one attached hydrogen (secondary N) is 1. The number of nitrogens with zero attached hydrogens (tertiary/aromatic N) is 1. The Hall–Kier alpha value is -4.38. The molecule has 5 aromatic rings. The Morgan fingerprint density at radius 2 is 1.79 bits per heavy atom. The lowest BCUT2D eigenvalue weighted by molar-refractivity contribution is -0.116. The van der Waals surface area contributed by atoms with E-state index in [9.17, 15) is 4.79 Å². The molecule has 0 bridgehead atoms. The molecule has 0 saturated carbocycles. The zero-order valence-corrected chi connectivity index (χ0v) is 19.0. The number of rotatable bonds is 6. The Kier molecular flexibility index (Phi) is 5.83. The van der Waals surface area contributed by atoms with Crippen LogP contribution in [0.2, 0.25) is 0 Å². The summed E-state index contributed by atoms with van der Waals surface area (Å²) in [6.45, 7) is 2.35. The zero-order valence-electron chi connectivity index (χ0n) is 19.0. The molecular weight excluding hydrogens is 424 g/mol. The van der Waals surface area contributed by atoms with Crippen molar-refractivity contribution in [1.82, 2.24) is 10.3 Å². The molecule has 0 saturated heterocycles. The van der Waals surface area contributed by atoms with E-state index in [1.165, 1.54) is 5.39 Å². The highest BCUT2D eigenvalue weighted by molar-refractivity contribution is 6.06. The van der Waals surface area contributed by atoms with Crippen LogP contribution in [-0.2, 0) is 11.3 Å². The van der Waals surface area contributed by atoms with Gasteiger partial charge in [0.2, 0.25) is 5.91 Å². The number of benzene rings is 3. The third-order valence-corrected chi connectivity index (χ3v) is 5.96. The lowest BCUT2D eigenvalue weighted by Gasteiger charge is -2.11. The van der Waals surface area contributed by atoms with Crippen molar-refractivity contribution in [2.45, 2.75) is 13.5 Å². The number of carbonyl (C=O) groups excluding carboxylic acids is 1. The second kappa shape index (κ2) is 9.24. The molecule has 1 amide bonds. The molecule has 0 atom stereocenters. The molecular formula is C29H24N2O3. The van der Waals surface area contributed by atoms with Gasteiger partial charge in [-0.15, -0.1) is 0 Å². The van der Waals surface area contributed by atoms with Crippen LogP contribution in [-0.4, -0.2) is 18.0 Å². The number of aromatic nitrogens is 1. The number of hydrogen-bond acceptors (Lipinski definition) is 4. The first-order chi connectivity index (χ1) is 16.6. The molecule has 5 rings (SSSR count). The molecule has 2 heterocycles. The van der Waals surface area contributed by atoms with Crippen LogP contribution in [0, 0.1) is 0 Å². The number of hydrogen-bond donors (Lipinski definition) is 1. The molecule has 0 aliphatic heterocycles. The van der Waals surface area contributed by atoms with Crippen molar-refractivity contribution in [2.75, 3.05) is 7.11 Å². The summed E-state index contributed by atoms with van der Waals surface area (Å²) < 4.78 is 11.5. The fourth-order valence-corrected chi connectivity index (χ4v) is 4.22. The van der Waals surface area contributed by atoms with Crippen molar-refractivity contribution in [1.29, 1.82) is 0 Å². The number of furan rings is 1. The normalized spacial score (nSPS) is 11.6. The number of fused-ring (bicyclic) bond motifs is 2. The molecule has 3 aromatic carbocycles. The summed E-state index contributed by atoms with van der Waals surface area (Å²) in [7, 11) is 1.62. The minimum atomic E-state index is -0.169. The summed E-state index contributed by atoms with van der Waals surface area (Å²) in [6.07, 6.45) is 6.81. The van der Waals surface area contributed by atoms with Gasteiger partial charge in [-0.25, -0.2) is 0 Å². The summed E-state index contributed by atoms with van der Waals surface area (Å²) in [5.41, 5.74) is 5.48. The second-order valence-corrected chi connectivity index (χ2v) is 8.13. The van der Waals surface area contributed by atoms with E-state index in [0.29, 0.717) is 12.3 Å². The molecule has 0 aliphatic carbocycles. The van der Waals surface area contributed by atoms with Gasteiger partial charge in [0.05, 0.1) is 13.4 Å². The summed E-state index contributed by atoms with van der Waals surface area (Å²) in [6, 6.07) is 22.2. The number of ether oxygens (including phenoxy) is 1. The van der Waals surface area contributed by atoms with Crippen molar-refractivity contribution in [3.8, 4) is 16.9 Å². The molecule has 5 heteroatoms. The Morgan fingerprint density at radius 1 is 1.00 bits per heavy atom. The van der Waals surface area contributed by atoms with Gasteiger partial charge in [0, 0.05) is 47.6 Å². The molecule has 0 unspecified atom stereocenters. The third kappa shape index (κ3) is 4.16. The van der Waals surface area contributed by atoms with E-state index >= 15 is 0 Å². The highest BCUT2D eigenvalue weighted by Crippen LogP contribution is 2.39. The van der Waals surface area contributed by atoms with E-state index < -0.39 is 0 Å². The molecule has 0 fully saturated rings. The Balaban J connectivity index is 1.52. The fraction of sp³-hybridized carbons (Fsp3) is 0.103. The van der Waals surface area contributed by atoms with Gasteiger partial charge >= 0.3 is 0 Å². The zero-order chi connectivity index (χ0) is 23.5. The number of methoxy groups -OCH3 is 1. The summed E-state index contributed by atoms with van der Waals surface area (Å²) >= 11 is 0. The van der Waals surface area contributed by atoms with Gasteiger partial charge in [0.25, 0.3) is 0 Å². The van der Waals surface area contributed by atoms with E-state index in [2.05, 4.69) is 40.6 Å². The first-order valence-corrected chi connectivity index (χ1v) is 11.1. The van der Waals surface area contributed by atoms with E-state index in [1.807, 2.05) is 43.3 Å². The molecule has 34 heavy (non-hydrogen) atoms. The van der Waals surface area contributed by atoms with Crippen molar-refractivity contribution in [3.63, 3.8) is 0 Å². The molecule has 168 valence electrons. The van der Waals surface area contributed by atoms with Crippen molar-refractivity contribution in [3.05, 3.63) is 103 Å². The van der Waals surface area contributed by atoms with Crippen LogP contribution >= 0.6 is 0 Å². The minimum Gasteiger partial charge on any atom is -0.496 e. The topological polar surface area (TPSA) is 64.4 Å². The summed E-state index contributed by atoms with van der Waals surface area (Å²) in [4.78, 5) is 16.6. The fourth-order valence-electron chi connectivity index (χ4n) is 4.22. The van der Waals surface area contributed by atoms with E-state index in [0.717, 1.165) is 44.2 Å². The minimum absolute atomic E-state index is 0.169. The molecule has 0 radical (unpaired) electrons. The van der Waals surface area contributed by atoms with E-state index in [-0.39, 0.29) is 5.91 Å². The van der Waals surface area contributed by atoms with Crippen LogP contribution in [0.4, 0.5) is 0 Å². The maximum atomic E-state index is 12.6. The largest absolute Gasteiger partial charge is 0.496 e. The SMILES string of the molecule is COc1cc2occ(-c3cccc4ccccc34)c2cc1/C(C)=C/C(=O)NCc1ccncc1. The first kappa shape index (κ1) is 21.5. The number of pyridine rings is 1. The average molecular weight is 449 g/mol. The van der Waals surface area contributed by atoms with Gasteiger partial charge < -0.3 is 14.5 Å². The van der Waals surface area contributed by atoms with E-state index in [1.54, 1.807) is 31.8 Å². The Bertz CT molecular complexity index is 1510. The molecule has 0 spiro atoms. The number of allylic oxidation sites excluding steroid dienone is 1. The lowest BCUT2D eigenvalue weighted by atomic mass is 9.96. The number of carbonyl (C=O) groups is 1. The third-order valence-electron chi connectivity index (χ3n) is 5.96. The predicted molar refractivity (Wildman–Crippen MR) is 135 cm³/mol. The van der Waals surface area contributed by atoms with Gasteiger partial charge in [-0.3, -0.25) is 9.78 Å². The molecule has 0 aliphatic rings. The van der Waals surface area contributed by atoms with Crippen LogP contribution in [0.15, 0.2) is 95.9 Å². The summed E-state index contributed by atoms with van der Waals surface area (Å²) in [5, 5.41) is 6.23. The van der Waals surface area contributed by atoms with Crippen LogP contribution in [0.3, 0.4) is 0 Å².